The first-order valence-electron chi connectivity index (χ1n) is 6.53. The van der Waals surface area contributed by atoms with Gasteiger partial charge in [-0.25, -0.2) is 4.39 Å². The molecular weight excluding hydrogens is 261 g/mol. The van der Waals surface area contributed by atoms with Crippen molar-refractivity contribution in [1.82, 2.24) is 5.32 Å². The van der Waals surface area contributed by atoms with Crippen molar-refractivity contribution in [3.63, 3.8) is 0 Å². The number of carboxylic acid groups (broad SMARTS) is 1. The number of hydrogen-bond donors (Lipinski definition) is 2. The Morgan fingerprint density at radius 2 is 2.00 bits per heavy atom. The van der Waals surface area contributed by atoms with Crippen LogP contribution in [0.4, 0.5) is 4.39 Å². The molecule has 3 unspecified atom stereocenters. The van der Waals surface area contributed by atoms with Gasteiger partial charge in [-0.1, -0.05) is 26.0 Å². The lowest BCUT2D eigenvalue weighted by atomic mass is 10.1. The van der Waals surface area contributed by atoms with E-state index in [0.29, 0.717) is 5.56 Å². The largest absolute Gasteiger partial charge is 0.481 e. The zero-order valence-electron chi connectivity index (χ0n) is 11.7. The lowest BCUT2D eigenvalue weighted by Crippen LogP contribution is -2.30. The van der Waals surface area contributed by atoms with E-state index in [2.05, 4.69) is 5.32 Å². The van der Waals surface area contributed by atoms with Gasteiger partial charge >= 0.3 is 5.97 Å². The van der Waals surface area contributed by atoms with Gasteiger partial charge in [-0.15, -0.1) is 0 Å². The fourth-order valence-corrected chi connectivity index (χ4v) is 2.75. The SMILES string of the molecule is CC(NC(=O)C1C(C(=O)O)C1(C)C)c1cccc(F)c1. The smallest absolute Gasteiger partial charge is 0.307 e. The van der Waals surface area contributed by atoms with Gasteiger partial charge in [0.25, 0.3) is 0 Å². The highest BCUT2D eigenvalue weighted by Gasteiger charge is 2.65. The van der Waals surface area contributed by atoms with E-state index in [-0.39, 0.29) is 17.8 Å². The molecule has 0 bridgehead atoms. The molecule has 1 aliphatic carbocycles. The number of amides is 1. The van der Waals surface area contributed by atoms with E-state index < -0.39 is 23.2 Å². The van der Waals surface area contributed by atoms with Gasteiger partial charge in [0, 0.05) is 0 Å². The number of nitrogens with one attached hydrogen (secondary N) is 1. The van der Waals surface area contributed by atoms with Crippen LogP contribution in [0.15, 0.2) is 24.3 Å². The van der Waals surface area contributed by atoms with Crippen molar-refractivity contribution in [3.05, 3.63) is 35.6 Å². The molecule has 3 atom stereocenters. The Labute approximate surface area is 117 Å². The monoisotopic (exact) mass is 279 g/mol. The van der Waals surface area contributed by atoms with Crippen LogP contribution in [0.5, 0.6) is 0 Å². The van der Waals surface area contributed by atoms with Crippen LogP contribution in [0, 0.1) is 23.1 Å². The molecule has 0 radical (unpaired) electrons. The summed E-state index contributed by atoms with van der Waals surface area (Å²) in [7, 11) is 0. The average Bonchev–Trinajstić information content (AvgIpc) is 2.92. The molecule has 2 N–H and O–H groups in total. The van der Waals surface area contributed by atoms with Crippen molar-refractivity contribution in [2.75, 3.05) is 0 Å². The maximum absolute atomic E-state index is 13.1. The molecular formula is C15H18FNO3. The molecule has 4 nitrogen and oxygen atoms in total. The van der Waals surface area contributed by atoms with Gasteiger partial charge in [0.1, 0.15) is 5.82 Å². The minimum absolute atomic E-state index is 0.292. The van der Waals surface area contributed by atoms with Gasteiger partial charge in [0.15, 0.2) is 0 Å². The molecule has 20 heavy (non-hydrogen) atoms. The second-order valence-corrected chi connectivity index (χ2v) is 5.90. The van der Waals surface area contributed by atoms with Gasteiger partial charge < -0.3 is 10.4 Å². The first kappa shape index (κ1) is 14.5. The summed E-state index contributed by atoms with van der Waals surface area (Å²) in [6.45, 7) is 5.28. The Morgan fingerprint density at radius 1 is 1.35 bits per heavy atom. The van der Waals surface area contributed by atoms with Crippen LogP contribution in [0.25, 0.3) is 0 Å². The predicted molar refractivity (Wildman–Crippen MR) is 71.4 cm³/mol. The van der Waals surface area contributed by atoms with E-state index in [1.807, 2.05) is 0 Å². The summed E-state index contributed by atoms with van der Waals surface area (Å²) in [6, 6.07) is 5.64. The van der Waals surface area contributed by atoms with Crippen molar-refractivity contribution in [3.8, 4) is 0 Å². The summed E-state index contributed by atoms with van der Waals surface area (Å²) in [5, 5.41) is 11.8. The highest BCUT2D eigenvalue weighted by atomic mass is 19.1. The molecule has 2 rings (SSSR count). The van der Waals surface area contributed by atoms with E-state index in [1.54, 1.807) is 32.9 Å². The topological polar surface area (TPSA) is 66.4 Å². The number of carboxylic acids is 1. The first-order valence-corrected chi connectivity index (χ1v) is 6.53. The van der Waals surface area contributed by atoms with E-state index in [0.717, 1.165) is 0 Å². The molecule has 1 fully saturated rings. The third-order valence-electron chi connectivity index (χ3n) is 4.08. The number of benzene rings is 1. The average molecular weight is 279 g/mol. The number of halogens is 1. The van der Waals surface area contributed by atoms with Gasteiger partial charge in [-0.05, 0) is 30.0 Å². The first-order chi connectivity index (χ1) is 9.25. The van der Waals surface area contributed by atoms with Crippen LogP contribution < -0.4 is 5.32 Å². The molecule has 5 heteroatoms. The maximum atomic E-state index is 13.1. The van der Waals surface area contributed by atoms with Crippen LogP contribution in [0.1, 0.15) is 32.4 Å². The maximum Gasteiger partial charge on any atom is 0.307 e. The van der Waals surface area contributed by atoms with Gasteiger partial charge in [0.05, 0.1) is 17.9 Å². The second kappa shape index (κ2) is 4.89. The normalized spacial score (nSPS) is 24.8. The minimum atomic E-state index is -0.950. The highest BCUT2D eigenvalue weighted by Crippen LogP contribution is 2.58. The van der Waals surface area contributed by atoms with E-state index >= 15 is 0 Å². The zero-order chi connectivity index (χ0) is 15.1. The molecule has 0 spiro atoms. The van der Waals surface area contributed by atoms with Crippen molar-refractivity contribution in [1.29, 1.82) is 0 Å². The van der Waals surface area contributed by atoms with Crippen LogP contribution in [-0.4, -0.2) is 17.0 Å². The zero-order valence-corrected chi connectivity index (χ0v) is 11.7. The lowest BCUT2D eigenvalue weighted by molar-refractivity contribution is -0.140. The quantitative estimate of drug-likeness (QED) is 0.889. The lowest BCUT2D eigenvalue weighted by Gasteiger charge is -2.15. The van der Waals surface area contributed by atoms with Crippen molar-refractivity contribution in [2.45, 2.75) is 26.8 Å². The Morgan fingerprint density at radius 3 is 2.50 bits per heavy atom. The number of carbonyl (C=O) groups is 2. The van der Waals surface area contributed by atoms with Crippen LogP contribution >= 0.6 is 0 Å². The molecule has 0 heterocycles. The highest BCUT2D eigenvalue weighted by molar-refractivity contribution is 5.91. The third-order valence-corrected chi connectivity index (χ3v) is 4.08. The fourth-order valence-electron chi connectivity index (χ4n) is 2.75. The predicted octanol–water partition coefficient (Wildman–Crippen LogP) is 2.36. The standard InChI is InChI=1S/C15H18FNO3/c1-8(9-5-4-6-10(16)7-9)17-13(18)11-12(14(19)20)15(11,2)3/h4-8,11-12H,1-3H3,(H,17,18)(H,19,20). The summed E-state index contributed by atoms with van der Waals surface area (Å²) in [6.07, 6.45) is 0. The van der Waals surface area contributed by atoms with Gasteiger partial charge in [-0.2, -0.15) is 0 Å². The van der Waals surface area contributed by atoms with Crippen molar-refractivity contribution < 1.29 is 19.1 Å². The fraction of sp³-hybridized carbons (Fsp3) is 0.467. The van der Waals surface area contributed by atoms with Crippen molar-refractivity contribution >= 4 is 11.9 Å². The Kier molecular flexibility index (Phi) is 3.54. The summed E-state index contributed by atoms with van der Waals surface area (Å²) < 4.78 is 13.1. The molecule has 0 aliphatic heterocycles. The molecule has 1 aliphatic rings. The van der Waals surface area contributed by atoms with E-state index in [4.69, 9.17) is 5.11 Å². The summed E-state index contributed by atoms with van der Waals surface area (Å²) in [4.78, 5) is 23.2. The van der Waals surface area contributed by atoms with E-state index in [1.165, 1.54) is 12.1 Å². The van der Waals surface area contributed by atoms with Gasteiger partial charge in [0.2, 0.25) is 5.91 Å². The number of rotatable bonds is 4. The van der Waals surface area contributed by atoms with Crippen LogP contribution in [-0.2, 0) is 9.59 Å². The molecule has 1 amide bonds. The molecule has 108 valence electrons. The molecule has 1 saturated carbocycles. The van der Waals surface area contributed by atoms with E-state index in [9.17, 15) is 14.0 Å². The van der Waals surface area contributed by atoms with Crippen LogP contribution in [0.3, 0.4) is 0 Å². The molecule has 1 aromatic carbocycles. The Balaban J connectivity index is 2.04. The van der Waals surface area contributed by atoms with Gasteiger partial charge in [-0.3, -0.25) is 9.59 Å². The van der Waals surface area contributed by atoms with Crippen LogP contribution in [0.2, 0.25) is 0 Å². The molecule has 0 saturated heterocycles. The van der Waals surface area contributed by atoms with Crippen molar-refractivity contribution in [2.24, 2.45) is 17.3 Å². The molecule has 0 aromatic heterocycles. The molecule has 1 aromatic rings. The number of hydrogen-bond acceptors (Lipinski definition) is 2. The third kappa shape index (κ3) is 2.53. The summed E-state index contributed by atoms with van der Waals surface area (Å²) in [5.74, 6) is -2.79. The number of aliphatic carboxylic acids is 1. The summed E-state index contributed by atoms with van der Waals surface area (Å²) in [5.41, 5.74) is 0.126. The second-order valence-electron chi connectivity index (χ2n) is 5.90. The minimum Gasteiger partial charge on any atom is -0.481 e. The Bertz CT molecular complexity index is 556. The summed E-state index contributed by atoms with van der Waals surface area (Å²) >= 11 is 0. The Hall–Kier alpha value is -1.91. The number of carbonyl (C=O) groups excluding carboxylic acids is 1.